The molecule has 1 heterocycles. The van der Waals surface area contributed by atoms with Gasteiger partial charge in [-0.1, -0.05) is 30.3 Å². The van der Waals surface area contributed by atoms with Crippen molar-refractivity contribution in [3.63, 3.8) is 0 Å². The summed E-state index contributed by atoms with van der Waals surface area (Å²) in [7, 11) is 3.16. The Balaban J connectivity index is 2.25. The van der Waals surface area contributed by atoms with Gasteiger partial charge in [0.25, 0.3) is 0 Å². The van der Waals surface area contributed by atoms with Gasteiger partial charge in [0.1, 0.15) is 11.5 Å². The van der Waals surface area contributed by atoms with E-state index in [4.69, 9.17) is 13.9 Å². The molecule has 5 heteroatoms. The molecule has 3 aromatic rings. The standard InChI is InChI=1S/C22H23NO4/c1-14-10-11-19(27-14)22(16-8-6-5-7-9-16)17-12-20(25-3)21(26-4)13-18(17)23-15(2)24/h5-13,22H,1-4H3,(H,23,24). The van der Waals surface area contributed by atoms with Crippen LogP contribution >= 0.6 is 0 Å². The van der Waals surface area contributed by atoms with E-state index in [1.54, 1.807) is 20.3 Å². The van der Waals surface area contributed by atoms with Gasteiger partial charge in [-0.25, -0.2) is 0 Å². The van der Waals surface area contributed by atoms with E-state index in [-0.39, 0.29) is 11.8 Å². The van der Waals surface area contributed by atoms with Crippen molar-refractivity contribution in [3.8, 4) is 11.5 Å². The van der Waals surface area contributed by atoms with Gasteiger partial charge in [0.15, 0.2) is 11.5 Å². The topological polar surface area (TPSA) is 60.7 Å². The maximum absolute atomic E-state index is 11.8. The van der Waals surface area contributed by atoms with Crippen molar-refractivity contribution in [1.29, 1.82) is 0 Å². The molecule has 0 bridgehead atoms. The molecule has 1 N–H and O–H groups in total. The predicted octanol–water partition coefficient (Wildman–Crippen LogP) is 4.74. The van der Waals surface area contributed by atoms with Gasteiger partial charge in [0.05, 0.1) is 20.1 Å². The lowest BCUT2D eigenvalue weighted by molar-refractivity contribution is -0.114. The van der Waals surface area contributed by atoms with E-state index in [0.717, 1.165) is 22.6 Å². The van der Waals surface area contributed by atoms with Crippen LogP contribution in [0.25, 0.3) is 0 Å². The van der Waals surface area contributed by atoms with Crippen LogP contribution < -0.4 is 14.8 Å². The number of benzene rings is 2. The summed E-state index contributed by atoms with van der Waals surface area (Å²) in [4.78, 5) is 11.8. The van der Waals surface area contributed by atoms with Crippen molar-refractivity contribution in [2.24, 2.45) is 0 Å². The second-order valence-corrected chi connectivity index (χ2v) is 6.27. The zero-order valence-corrected chi connectivity index (χ0v) is 15.9. The third-order valence-electron chi connectivity index (χ3n) is 4.36. The first-order chi connectivity index (χ1) is 13.0. The molecule has 0 aliphatic rings. The molecular weight excluding hydrogens is 342 g/mol. The summed E-state index contributed by atoms with van der Waals surface area (Å²) in [5, 5.41) is 2.91. The molecule has 0 fully saturated rings. The monoisotopic (exact) mass is 365 g/mol. The molecule has 0 saturated heterocycles. The predicted molar refractivity (Wildman–Crippen MR) is 105 cm³/mol. The Morgan fingerprint density at radius 1 is 1.00 bits per heavy atom. The number of nitrogens with one attached hydrogen (secondary N) is 1. The van der Waals surface area contributed by atoms with Crippen LogP contribution in [0.15, 0.2) is 59.0 Å². The molecule has 5 nitrogen and oxygen atoms in total. The number of rotatable bonds is 6. The lowest BCUT2D eigenvalue weighted by atomic mass is 9.87. The molecule has 0 aliphatic heterocycles. The first-order valence-corrected chi connectivity index (χ1v) is 8.68. The van der Waals surface area contributed by atoms with Gasteiger partial charge < -0.3 is 19.2 Å². The third-order valence-corrected chi connectivity index (χ3v) is 4.36. The van der Waals surface area contributed by atoms with Crippen molar-refractivity contribution < 1.29 is 18.7 Å². The Morgan fingerprint density at radius 2 is 1.67 bits per heavy atom. The van der Waals surface area contributed by atoms with Crippen LogP contribution in [0.2, 0.25) is 0 Å². The Bertz CT molecular complexity index is 931. The lowest BCUT2D eigenvalue weighted by Crippen LogP contribution is -2.12. The number of amides is 1. The van der Waals surface area contributed by atoms with Crippen molar-refractivity contribution in [3.05, 3.63) is 77.2 Å². The summed E-state index contributed by atoms with van der Waals surface area (Å²) in [5.41, 5.74) is 2.57. The fraction of sp³-hybridized carbons (Fsp3) is 0.227. The largest absolute Gasteiger partial charge is 0.493 e. The van der Waals surface area contributed by atoms with Gasteiger partial charge in [-0.3, -0.25) is 4.79 Å². The van der Waals surface area contributed by atoms with Gasteiger partial charge in [-0.05, 0) is 36.2 Å². The molecule has 1 amide bonds. The molecule has 27 heavy (non-hydrogen) atoms. The third kappa shape index (κ3) is 3.97. The van der Waals surface area contributed by atoms with Crippen LogP contribution in [0.5, 0.6) is 11.5 Å². The minimum Gasteiger partial charge on any atom is -0.493 e. The summed E-state index contributed by atoms with van der Waals surface area (Å²) in [6, 6.07) is 17.6. The first-order valence-electron chi connectivity index (χ1n) is 8.68. The summed E-state index contributed by atoms with van der Waals surface area (Å²) in [6.45, 7) is 3.39. The van der Waals surface area contributed by atoms with Crippen molar-refractivity contribution >= 4 is 11.6 Å². The summed E-state index contributed by atoms with van der Waals surface area (Å²) < 4.78 is 16.9. The molecule has 3 rings (SSSR count). The van der Waals surface area contributed by atoms with E-state index in [0.29, 0.717) is 17.2 Å². The highest BCUT2D eigenvalue weighted by Crippen LogP contribution is 2.42. The normalized spacial score (nSPS) is 11.7. The second-order valence-electron chi connectivity index (χ2n) is 6.27. The molecule has 0 spiro atoms. The summed E-state index contributed by atoms with van der Waals surface area (Å²) >= 11 is 0. The van der Waals surface area contributed by atoms with Crippen LogP contribution in [-0.2, 0) is 4.79 Å². The molecule has 2 aromatic carbocycles. The molecule has 1 atom stereocenters. The van der Waals surface area contributed by atoms with Crippen LogP contribution in [0, 0.1) is 6.92 Å². The number of anilines is 1. The van der Waals surface area contributed by atoms with Crippen LogP contribution in [-0.4, -0.2) is 20.1 Å². The van der Waals surface area contributed by atoms with E-state index in [9.17, 15) is 4.79 Å². The number of ether oxygens (including phenoxy) is 2. The van der Waals surface area contributed by atoms with Crippen LogP contribution in [0.4, 0.5) is 5.69 Å². The zero-order chi connectivity index (χ0) is 19.4. The van der Waals surface area contributed by atoms with Crippen molar-refractivity contribution in [2.75, 3.05) is 19.5 Å². The van der Waals surface area contributed by atoms with Crippen LogP contribution in [0.3, 0.4) is 0 Å². The second kappa shape index (κ2) is 7.99. The summed E-state index contributed by atoms with van der Waals surface area (Å²) in [5.74, 6) is 2.38. The van der Waals surface area contributed by atoms with E-state index < -0.39 is 0 Å². The average molecular weight is 365 g/mol. The molecule has 1 aromatic heterocycles. The molecule has 0 radical (unpaired) electrons. The number of carbonyl (C=O) groups is 1. The molecule has 0 aliphatic carbocycles. The average Bonchev–Trinajstić information content (AvgIpc) is 3.09. The van der Waals surface area contributed by atoms with Crippen LogP contribution in [0.1, 0.15) is 35.5 Å². The first kappa shape index (κ1) is 18.6. The molecule has 0 saturated carbocycles. The minimum absolute atomic E-state index is 0.161. The highest BCUT2D eigenvalue weighted by molar-refractivity contribution is 5.90. The van der Waals surface area contributed by atoms with E-state index >= 15 is 0 Å². The Labute approximate surface area is 158 Å². The quantitative estimate of drug-likeness (QED) is 0.685. The van der Waals surface area contributed by atoms with Gasteiger partial charge >= 0.3 is 0 Å². The minimum atomic E-state index is -0.207. The molecule has 1 unspecified atom stereocenters. The Morgan fingerprint density at radius 3 is 2.22 bits per heavy atom. The molecule has 140 valence electrons. The van der Waals surface area contributed by atoms with E-state index in [1.807, 2.05) is 55.5 Å². The SMILES string of the molecule is COc1cc(NC(C)=O)c(C(c2ccccc2)c2ccc(C)o2)cc1OC. The maximum atomic E-state index is 11.8. The zero-order valence-electron chi connectivity index (χ0n) is 15.9. The molecular formula is C22H23NO4. The van der Waals surface area contributed by atoms with Crippen molar-refractivity contribution in [2.45, 2.75) is 19.8 Å². The van der Waals surface area contributed by atoms with Gasteiger partial charge in [0.2, 0.25) is 5.91 Å². The number of furan rings is 1. The fourth-order valence-corrected chi connectivity index (χ4v) is 3.18. The Hall–Kier alpha value is -3.21. The van der Waals surface area contributed by atoms with Gasteiger partial charge in [-0.15, -0.1) is 0 Å². The fourth-order valence-electron chi connectivity index (χ4n) is 3.18. The highest BCUT2D eigenvalue weighted by atomic mass is 16.5. The number of methoxy groups -OCH3 is 2. The maximum Gasteiger partial charge on any atom is 0.221 e. The van der Waals surface area contributed by atoms with E-state index in [1.165, 1.54) is 6.92 Å². The number of hydrogen-bond acceptors (Lipinski definition) is 4. The smallest absolute Gasteiger partial charge is 0.221 e. The highest BCUT2D eigenvalue weighted by Gasteiger charge is 2.25. The van der Waals surface area contributed by atoms with Crippen molar-refractivity contribution in [1.82, 2.24) is 0 Å². The number of carbonyl (C=O) groups excluding carboxylic acids is 1. The summed E-state index contributed by atoms with van der Waals surface area (Å²) in [6.07, 6.45) is 0. The Kier molecular flexibility index (Phi) is 5.50. The van der Waals surface area contributed by atoms with Gasteiger partial charge in [-0.2, -0.15) is 0 Å². The lowest BCUT2D eigenvalue weighted by Gasteiger charge is -2.22. The number of hydrogen-bond donors (Lipinski definition) is 1. The number of aryl methyl sites for hydroxylation is 1. The van der Waals surface area contributed by atoms with Gasteiger partial charge in [0, 0.05) is 18.7 Å². The van der Waals surface area contributed by atoms with E-state index in [2.05, 4.69) is 5.32 Å².